The second-order valence-corrected chi connectivity index (χ2v) is 6.09. The van der Waals surface area contributed by atoms with E-state index in [1.54, 1.807) is 11.3 Å². The Hall–Kier alpha value is -0.390. The molecule has 0 saturated carbocycles. The predicted octanol–water partition coefficient (Wildman–Crippen LogP) is 4.43. The molecule has 0 saturated heterocycles. The van der Waals surface area contributed by atoms with E-state index >= 15 is 0 Å². The van der Waals surface area contributed by atoms with Crippen LogP contribution in [0.2, 0.25) is 0 Å². The summed E-state index contributed by atoms with van der Waals surface area (Å²) in [5.41, 5.74) is 7.31. The van der Waals surface area contributed by atoms with Crippen molar-refractivity contribution in [2.75, 3.05) is 0 Å². The van der Waals surface area contributed by atoms with Gasteiger partial charge in [-0.15, -0.1) is 11.3 Å². The first-order valence-electron chi connectivity index (χ1n) is 5.32. The summed E-state index contributed by atoms with van der Waals surface area (Å²) in [7, 11) is 0. The molecular formula is C13H14INS. The van der Waals surface area contributed by atoms with Gasteiger partial charge in [0.2, 0.25) is 0 Å². The van der Waals surface area contributed by atoms with Crippen molar-refractivity contribution in [2.45, 2.75) is 19.4 Å². The third kappa shape index (κ3) is 2.64. The van der Waals surface area contributed by atoms with Gasteiger partial charge in [0.15, 0.2) is 0 Å². The van der Waals surface area contributed by atoms with Crippen LogP contribution in [0.1, 0.15) is 24.3 Å². The number of nitrogens with two attached hydrogens (primary N) is 1. The molecule has 0 spiro atoms. The van der Waals surface area contributed by atoms with E-state index in [9.17, 15) is 0 Å². The van der Waals surface area contributed by atoms with Gasteiger partial charge in [0.25, 0.3) is 0 Å². The lowest BCUT2D eigenvalue weighted by Crippen LogP contribution is -2.05. The van der Waals surface area contributed by atoms with Gasteiger partial charge in [0.1, 0.15) is 0 Å². The Bertz CT molecular complexity index is 478. The number of thiophene rings is 1. The molecule has 16 heavy (non-hydrogen) atoms. The molecule has 2 rings (SSSR count). The van der Waals surface area contributed by atoms with Gasteiger partial charge in [-0.05, 0) is 58.8 Å². The van der Waals surface area contributed by atoms with Crippen LogP contribution in [-0.2, 0) is 0 Å². The van der Waals surface area contributed by atoms with Crippen LogP contribution >= 0.6 is 33.9 Å². The van der Waals surface area contributed by atoms with Crippen LogP contribution in [-0.4, -0.2) is 0 Å². The molecule has 0 fully saturated rings. The highest BCUT2D eigenvalue weighted by Gasteiger charge is 2.08. The second kappa shape index (κ2) is 5.29. The summed E-state index contributed by atoms with van der Waals surface area (Å²) in [6.45, 7) is 2.12. The van der Waals surface area contributed by atoms with E-state index in [0.29, 0.717) is 0 Å². The molecule has 1 nitrogen and oxygen atoms in total. The third-order valence-electron chi connectivity index (χ3n) is 2.54. The van der Waals surface area contributed by atoms with E-state index in [4.69, 9.17) is 5.73 Å². The third-order valence-corrected chi connectivity index (χ3v) is 4.48. The van der Waals surface area contributed by atoms with Crippen molar-refractivity contribution in [3.8, 4) is 10.4 Å². The van der Waals surface area contributed by atoms with Crippen molar-refractivity contribution in [1.29, 1.82) is 0 Å². The van der Waals surface area contributed by atoms with Gasteiger partial charge in [-0.3, -0.25) is 0 Å². The minimum Gasteiger partial charge on any atom is -0.323 e. The monoisotopic (exact) mass is 343 g/mol. The summed E-state index contributed by atoms with van der Waals surface area (Å²) >= 11 is 4.14. The Morgan fingerprint density at radius 3 is 2.81 bits per heavy atom. The molecule has 0 amide bonds. The summed E-state index contributed by atoms with van der Waals surface area (Å²) < 4.78 is 1.27. The summed E-state index contributed by atoms with van der Waals surface area (Å²) in [4.78, 5) is 2.58. The average Bonchev–Trinajstić information content (AvgIpc) is 2.77. The van der Waals surface area contributed by atoms with Crippen LogP contribution in [0, 0.1) is 3.57 Å². The summed E-state index contributed by atoms with van der Waals surface area (Å²) in [6, 6.07) is 13.0. The zero-order chi connectivity index (χ0) is 11.5. The Morgan fingerprint density at radius 2 is 2.12 bits per heavy atom. The summed E-state index contributed by atoms with van der Waals surface area (Å²) in [6.07, 6.45) is 0.992. The van der Waals surface area contributed by atoms with Crippen LogP contribution in [0.25, 0.3) is 10.4 Å². The zero-order valence-corrected chi connectivity index (χ0v) is 12.1. The first-order chi connectivity index (χ1) is 7.70. The van der Waals surface area contributed by atoms with Gasteiger partial charge in [-0.1, -0.05) is 19.1 Å². The highest BCUT2D eigenvalue weighted by Crippen LogP contribution is 2.32. The molecule has 0 aliphatic carbocycles. The topological polar surface area (TPSA) is 26.0 Å². The lowest BCUT2D eigenvalue weighted by atomic mass is 10.2. The van der Waals surface area contributed by atoms with Crippen LogP contribution in [0.4, 0.5) is 0 Å². The molecule has 3 heteroatoms. The minimum absolute atomic E-state index is 0.182. The van der Waals surface area contributed by atoms with E-state index in [2.05, 4.69) is 65.9 Å². The van der Waals surface area contributed by atoms with E-state index in [1.807, 2.05) is 0 Å². The number of hydrogen-bond acceptors (Lipinski definition) is 2. The SMILES string of the molecule is CCC(N)c1ccc(-c2cccc(I)c2)s1. The van der Waals surface area contributed by atoms with Crippen molar-refractivity contribution in [3.63, 3.8) is 0 Å². The first-order valence-corrected chi connectivity index (χ1v) is 7.21. The number of rotatable bonds is 3. The predicted molar refractivity (Wildman–Crippen MR) is 79.7 cm³/mol. The van der Waals surface area contributed by atoms with E-state index in [1.165, 1.54) is 18.9 Å². The quantitative estimate of drug-likeness (QED) is 0.820. The lowest BCUT2D eigenvalue weighted by Gasteiger charge is -2.04. The molecule has 2 N–H and O–H groups in total. The molecule has 1 aromatic heterocycles. The van der Waals surface area contributed by atoms with Crippen molar-refractivity contribution in [3.05, 3.63) is 44.8 Å². The second-order valence-electron chi connectivity index (χ2n) is 3.73. The molecule has 2 aromatic rings. The normalized spacial score (nSPS) is 12.7. The maximum absolute atomic E-state index is 6.02. The molecule has 0 bridgehead atoms. The van der Waals surface area contributed by atoms with Crippen LogP contribution in [0.15, 0.2) is 36.4 Å². The van der Waals surface area contributed by atoms with Crippen molar-refractivity contribution < 1.29 is 0 Å². The number of hydrogen-bond donors (Lipinski definition) is 1. The Kier molecular flexibility index (Phi) is 4.00. The van der Waals surface area contributed by atoms with E-state index in [0.717, 1.165) is 6.42 Å². The molecule has 0 radical (unpaired) electrons. The fraction of sp³-hybridized carbons (Fsp3) is 0.231. The molecule has 0 aliphatic heterocycles. The van der Waals surface area contributed by atoms with Gasteiger partial charge in [0.05, 0.1) is 0 Å². The molecular weight excluding hydrogens is 329 g/mol. The number of halogens is 1. The van der Waals surface area contributed by atoms with Gasteiger partial charge in [-0.25, -0.2) is 0 Å². The highest BCUT2D eigenvalue weighted by atomic mass is 127. The highest BCUT2D eigenvalue weighted by molar-refractivity contribution is 14.1. The molecule has 1 atom stereocenters. The largest absolute Gasteiger partial charge is 0.323 e. The van der Waals surface area contributed by atoms with Gasteiger partial charge >= 0.3 is 0 Å². The Labute approximate surface area is 114 Å². The van der Waals surface area contributed by atoms with Gasteiger partial charge < -0.3 is 5.73 Å². The van der Waals surface area contributed by atoms with Gasteiger partial charge in [0, 0.05) is 19.4 Å². The minimum atomic E-state index is 0.182. The molecule has 1 heterocycles. The maximum atomic E-state index is 6.02. The van der Waals surface area contributed by atoms with E-state index < -0.39 is 0 Å². The molecule has 0 aliphatic rings. The van der Waals surface area contributed by atoms with Crippen molar-refractivity contribution in [2.24, 2.45) is 5.73 Å². The smallest absolute Gasteiger partial charge is 0.0387 e. The van der Waals surface area contributed by atoms with Crippen molar-refractivity contribution in [1.82, 2.24) is 0 Å². The zero-order valence-electron chi connectivity index (χ0n) is 9.11. The van der Waals surface area contributed by atoms with Crippen molar-refractivity contribution >= 4 is 33.9 Å². The number of benzene rings is 1. The average molecular weight is 343 g/mol. The van der Waals surface area contributed by atoms with Crippen LogP contribution in [0.3, 0.4) is 0 Å². The first kappa shape index (κ1) is 12.1. The molecule has 1 aromatic carbocycles. The van der Waals surface area contributed by atoms with Crippen LogP contribution < -0.4 is 5.73 Å². The molecule has 84 valence electrons. The van der Waals surface area contributed by atoms with Crippen LogP contribution in [0.5, 0.6) is 0 Å². The fourth-order valence-corrected chi connectivity index (χ4v) is 3.18. The molecule has 1 unspecified atom stereocenters. The standard InChI is InChI=1S/C13H14INS/c1-2-11(15)13-7-6-12(16-13)9-4-3-5-10(14)8-9/h3-8,11H,2,15H2,1H3. The Balaban J connectivity index is 2.31. The summed E-state index contributed by atoms with van der Waals surface area (Å²) in [5.74, 6) is 0. The van der Waals surface area contributed by atoms with Gasteiger partial charge in [-0.2, -0.15) is 0 Å². The fourth-order valence-electron chi connectivity index (χ4n) is 1.55. The summed E-state index contributed by atoms with van der Waals surface area (Å²) in [5, 5.41) is 0. The maximum Gasteiger partial charge on any atom is 0.0387 e. The lowest BCUT2D eigenvalue weighted by molar-refractivity contribution is 0.712. The van der Waals surface area contributed by atoms with E-state index in [-0.39, 0.29) is 6.04 Å². The Morgan fingerprint density at radius 1 is 1.31 bits per heavy atom.